The number of aromatic hydroxyl groups is 1. The van der Waals surface area contributed by atoms with Gasteiger partial charge in [-0.15, -0.1) is 0 Å². The summed E-state index contributed by atoms with van der Waals surface area (Å²) in [5.41, 5.74) is 0.337. The molecule has 2 rings (SSSR count). The fourth-order valence-electron chi connectivity index (χ4n) is 2.91. The summed E-state index contributed by atoms with van der Waals surface area (Å²) in [4.78, 5) is 26.0. The number of carbonyl (C=O) groups excluding carboxylic acids is 2. The predicted molar refractivity (Wildman–Crippen MR) is 84.6 cm³/mol. The van der Waals surface area contributed by atoms with Crippen molar-refractivity contribution in [2.75, 3.05) is 26.0 Å². The summed E-state index contributed by atoms with van der Waals surface area (Å²) in [5.74, 6) is -1.34. The number of nitrogens with zero attached hydrogens (tertiary/aromatic N) is 1. The summed E-state index contributed by atoms with van der Waals surface area (Å²) in [7, 11) is 4.01. The van der Waals surface area contributed by atoms with Crippen LogP contribution in [0.1, 0.15) is 25.7 Å². The van der Waals surface area contributed by atoms with Crippen LogP contribution in [0.4, 0.5) is 5.69 Å². The molecular weight excluding hydrogens is 282 g/mol. The zero-order valence-corrected chi connectivity index (χ0v) is 13.1. The Balaban J connectivity index is 1.90. The molecule has 1 aliphatic rings. The lowest BCUT2D eigenvalue weighted by atomic mass is 9.96. The zero-order valence-electron chi connectivity index (χ0n) is 13.1. The lowest BCUT2D eigenvalue weighted by molar-refractivity contribution is -0.136. The van der Waals surface area contributed by atoms with E-state index in [2.05, 4.69) is 15.5 Å². The lowest BCUT2D eigenvalue weighted by Crippen LogP contribution is -2.52. The topological polar surface area (TPSA) is 81.7 Å². The molecule has 0 spiro atoms. The monoisotopic (exact) mass is 305 g/mol. The molecule has 1 aromatic rings. The van der Waals surface area contributed by atoms with Crippen LogP contribution in [0.5, 0.6) is 5.75 Å². The molecule has 0 aliphatic heterocycles. The Labute approximate surface area is 130 Å². The third-order valence-corrected chi connectivity index (χ3v) is 4.37. The summed E-state index contributed by atoms with van der Waals surface area (Å²) in [6.07, 6.45) is 4.33. The van der Waals surface area contributed by atoms with Gasteiger partial charge >= 0.3 is 11.8 Å². The van der Waals surface area contributed by atoms with Crippen molar-refractivity contribution < 1.29 is 14.7 Å². The van der Waals surface area contributed by atoms with Gasteiger partial charge in [0.15, 0.2) is 0 Å². The summed E-state index contributed by atoms with van der Waals surface area (Å²) in [6, 6.07) is 6.10. The van der Waals surface area contributed by atoms with Crippen LogP contribution < -0.4 is 10.6 Å². The van der Waals surface area contributed by atoms with Gasteiger partial charge in [-0.3, -0.25) is 9.59 Å². The van der Waals surface area contributed by atoms with Gasteiger partial charge in [0.2, 0.25) is 0 Å². The van der Waals surface area contributed by atoms with Gasteiger partial charge < -0.3 is 20.6 Å². The molecule has 6 heteroatoms. The summed E-state index contributed by atoms with van der Waals surface area (Å²) in [5, 5.41) is 14.6. The molecule has 1 fully saturated rings. The van der Waals surface area contributed by atoms with Gasteiger partial charge in [0.1, 0.15) is 5.75 Å². The first-order chi connectivity index (χ1) is 10.4. The van der Waals surface area contributed by atoms with Crippen molar-refractivity contribution in [3.8, 4) is 5.75 Å². The lowest BCUT2D eigenvalue weighted by Gasteiger charge is -2.36. The molecule has 0 unspecified atom stereocenters. The van der Waals surface area contributed by atoms with Crippen LogP contribution in [0, 0.1) is 0 Å². The minimum atomic E-state index is -0.725. The molecule has 2 amide bonds. The van der Waals surface area contributed by atoms with E-state index >= 15 is 0 Å². The average Bonchev–Trinajstić information content (AvgIpc) is 2.95. The molecule has 0 radical (unpaired) electrons. The van der Waals surface area contributed by atoms with E-state index in [1.54, 1.807) is 12.1 Å². The first kappa shape index (κ1) is 16.3. The SMILES string of the molecule is CN(C)C1(CNC(=O)C(=O)Nc2cccc(O)c2)CCCC1. The minimum absolute atomic E-state index is 0.0377. The van der Waals surface area contributed by atoms with Crippen molar-refractivity contribution in [3.05, 3.63) is 24.3 Å². The zero-order chi connectivity index (χ0) is 16.2. The summed E-state index contributed by atoms with van der Waals surface area (Å²) >= 11 is 0. The molecule has 0 heterocycles. The normalized spacial score (nSPS) is 16.5. The third kappa shape index (κ3) is 3.76. The van der Waals surface area contributed by atoms with E-state index in [0.29, 0.717) is 12.2 Å². The molecule has 120 valence electrons. The second-order valence-corrected chi connectivity index (χ2v) is 6.01. The molecule has 0 saturated heterocycles. The molecule has 1 aliphatic carbocycles. The molecule has 0 bridgehead atoms. The van der Waals surface area contributed by atoms with Crippen LogP contribution in [-0.2, 0) is 9.59 Å². The number of hydrogen-bond acceptors (Lipinski definition) is 4. The molecule has 22 heavy (non-hydrogen) atoms. The van der Waals surface area contributed by atoms with Crippen molar-refractivity contribution in [3.63, 3.8) is 0 Å². The van der Waals surface area contributed by atoms with Crippen LogP contribution in [0.15, 0.2) is 24.3 Å². The second kappa shape index (κ2) is 6.79. The van der Waals surface area contributed by atoms with Gasteiger partial charge in [-0.2, -0.15) is 0 Å². The number of benzene rings is 1. The van der Waals surface area contributed by atoms with E-state index in [9.17, 15) is 14.7 Å². The van der Waals surface area contributed by atoms with Crippen molar-refractivity contribution in [2.45, 2.75) is 31.2 Å². The quantitative estimate of drug-likeness (QED) is 0.733. The second-order valence-electron chi connectivity index (χ2n) is 6.01. The number of phenols is 1. The van der Waals surface area contributed by atoms with Crippen LogP contribution in [-0.4, -0.2) is 48.0 Å². The van der Waals surface area contributed by atoms with Crippen molar-refractivity contribution >= 4 is 17.5 Å². The maximum Gasteiger partial charge on any atom is 0.313 e. The van der Waals surface area contributed by atoms with E-state index in [1.807, 2.05) is 14.1 Å². The van der Waals surface area contributed by atoms with Crippen molar-refractivity contribution in [1.82, 2.24) is 10.2 Å². The Morgan fingerprint density at radius 2 is 1.91 bits per heavy atom. The third-order valence-electron chi connectivity index (χ3n) is 4.37. The Hall–Kier alpha value is -2.08. The Kier molecular flexibility index (Phi) is 5.03. The standard InChI is InChI=1S/C16H23N3O3/c1-19(2)16(8-3-4-9-16)11-17-14(21)15(22)18-12-6-5-7-13(20)10-12/h5-7,10,20H,3-4,8-9,11H2,1-2H3,(H,17,21)(H,18,22). The first-order valence-electron chi connectivity index (χ1n) is 7.49. The van der Waals surface area contributed by atoms with Crippen molar-refractivity contribution in [2.24, 2.45) is 0 Å². The van der Waals surface area contributed by atoms with Gasteiger partial charge in [-0.25, -0.2) is 0 Å². The number of rotatable bonds is 4. The highest BCUT2D eigenvalue weighted by molar-refractivity contribution is 6.39. The van der Waals surface area contributed by atoms with Gasteiger partial charge in [-0.05, 0) is 39.1 Å². The van der Waals surface area contributed by atoms with Gasteiger partial charge in [0.05, 0.1) is 0 Å². The van der Waals surface area contributed by atoms with E-state index < -0.39 is 11.8 Å². The first-order valence-corrected chi connectivity index (χ1v) is 7.49. The predicted octanol–water partition coefficient (Wildman–Crippen LogP) is 1.32. The number of hydrogen-bond donors (Lipinski definition) is 3. The van der Waals surface area contributed by atoms with E-state index in [0.717, 1.165) is 25.7 Å². The smallest absolute Gasteiger partial charge is 0.313 e. The average molecular weight is 305 g/mol. The Morgan fingerprint density at radius 1 is 1.23 bits per heavy atom. The van der Waals surface area contributed by atoms with Crippen LogP contribution >= 0.6 is 0 Å². The molecule has 0 atom stereocenters. The number of amides is 2. The Bertz CT molecular complexity index is 551. The summed E-state index contributed by atoms with van der Waals surface area (Å²) in [6.45, 7) is 0.465. The van der Waals surface area contributed by atoms with Gasteiger partial charge in [-0.1, -0.05) is 18.9 Å². The number of carbonyl (C=O) groups is 2. The highest BCUT2D eigenvalue weighted by Crippen LogP contribution is 2.33. The molecule has 3 N–H and O–H groups in total. The molecule has 0 aromatic heterocycles. The number of anilines is 1. The largest absolute Gasteiger partial charge is 0.508 e. The number of phenolic OH excluding ortho intramolecular Hbond substituents is 1. The molecule has 6 nitrogen and oxygen atoms in total. The number of nitrogens with one attached hydrogen (secondary N) is 2. The fourth-order valence-corrected chi connectivity index (χ4v) is 2.91. The van der Waals surface area contributed by atoms with E-state index in [-0.39, 0.29) is 11.3 Å². The fraction of sp³-hybridized carbons (Fsp3) is 0.500. The molecule has 1 saturated carbocycles. The number of likely N-dealkylation sites (N-methyl/N-ethyl adjacent to an activating group) is 1. The van der Waals surface area contributed by atoms with Crippen LogP contribution in [0.25, 0.3) is 0 Å². The van der Waals surface area contributed by atoms with Crippen LogP contribution in [0.2, 0.25) is 0 Å². The van der Waals surface area contributed by atoms with E-state index in [4.69, 9.17) is 0 Å². The summed E-state index contributed by atoms with van der Waals surface area (Å²) < 4.78 is 0. The van der Waals surface area contributed by atoms with Crippen molar-refractivity contribution in [1.29, 1.82) is 0 Å². The highest BCUT2D eigenvalue weighted by Gasteiger charge is 2.36. The van der Waals surface area contributed by atoms with Crippen LogP contribution in [0.3, 0.4) is 0 Å². The molecule has 1 aromatic carbocycles. The van der Waals surface area contributed by atoms with Gasteiger partial charge in [0, 0.05) is 23.8 Å². The Morgan fingerprint density at radius 3 is 2.50 bits per heavy atom. The minimum Gasteiger partial charge on any atom is -0.508 e. The maximum absolute atomic E-state index is 11.9. The van der Waals surface area contributed by atoms with E-state index in [1.165, 1.54) is 12.1 Å². The highest BCUT2D eigenvalue weighted by atomic mass is 16.3. The van der Waals surface area contributed by atoms with Gasteiger partial charge in [0.25, 0.3) is 0 Å². The maximum atomic E-state index is 11.9. The molecular formula is C16H23N3O3.